The number of alkyl halides is 3. The first-order valence-electron chi connectivity index (χ1n) is 8.28. The number of carbonyl (C=O) groups excluding carboxylic acids is 3. The lowest BCUT2D eigenvalue weighted by molar-refractivity contribution is -0.125. The Bertz CT molecular complexity index is 927. The van der Waals surface area contributed by atoms with E-state index in [4.69, 9.17) is 4.74 Å². The van der Waals surface area contributed by atoms with Crippen LogP contribution < -0.4 is 10.6 Å². The number of anilines is 1. The topological polar surface area (TPSA) is 84.5 Å². The molecule has 1 atom stereocenters. The fraction of sp³-hybridized carbons (Fsp3) is 0.211. The maximum Gasteiger partial charge on any atom is 0.405 e. The zero-order valence-electron chi connectivity index (χ0n) is 14.4. The lowest BCUT2D eigenvalue weighted by Gasteiger charge is -2.24. The van der Waals surface area contributed by atoms with E-state index >= 15 is 0 Å². The number of halogens is 3. The van der Waals surface area contributed by atoms with Crippen LogP contribution in [0.15, 0.2) is 48.5 Å². The summed E-state index contributed by atoms with van der Waals surface area (Å²) in [5, 5.41) is 4.20. The van der Waals surface area contributed by atoms with E-state index in [0.29, 0.717) is 11.1 Å². The molecule has 2 aromatic carbocycles. The quantitative estimate of drug-likeness (QED) is 0.784. The van der Waals surface area contributed by atoms with E-state index in [9.17, 15) is 27.6 Å². The van der Waals surface area contributed by atoms with Crippen LogP contribution in [0.2, 0.25) is 0 Å². The summed E-state index contributed by atoms with van der Waals surface area (Å²) in [6, 6.07) is 12.3. The van der Waals surface area contributed by atoms with E-state index in [0.717, 1.165) is 0 Å². The molecule has 0 bridgehead atoms. The van der Waals surface area contributed by atoms with Gasteiger partial charge in [-0.05, 0) is 23.8 Å². The molecule has 9 heteroatoms. The second-order valence-electron chi connectivity index (χ2n) is 6.09. The minimum Gasteiger partial charge on any atom is -0.448 e. The third kappa shape index (κ3) is 4.48. The van der Waals surface area contributed by atoms with Crippen molar-refractivity contribution in [2.75, 3.05) is 11.9 Å². The molecule has 146 valence electrons. The fourth-order valence-corrected chi connectivity index (χ4v) is 2.76. The summed E-state index contributed by atoms with van der Waals surface area (Å²) in [4.78, 5) is 36.6. The number of benzene rings is 2. The molecule has 2 N–H and O–H groups in total. The Morgan fingerprint density at radius 1 is 1.07 bits per heavy atom. The maximum absolute atomic E-state index is 12.5. The molecule has 2 aromatic rings. The Morgan fingerprint density at radius 2 is 1.75 bits per heavy atom. The lowest BCUT2D eigenvalue weighted by Crippen LogP contribution is -2.38. The van der Waals surface area contributed by atoms with Crippen LogP contribution in [0, 0.1) is 0 Å². The van der Waals surface area contributed by atoms with Crippen LogP contribution >= 0.6 is 0 Å². The summed E-state index contributed by atoms with van der Waals surface area (Å²) < 4.78 is 42.1. The van der Waals surface area contributed by atoms with Gasteiger partial charge in [-0.3, -0.25) is 9.59 Å². The fourth-order valence-electron chi connectivity index (χ4n) is 2.76. The zero-order chi connectivity index (χ0) is 20.3. The predicted molar refractivity (Wildman–Crippen MR) is 92.8 cm³/mol. The van der Waals surface area contributed by atoms with Crippen LogP contribution in [0.1, 0.15) is 26.3 Å². The van der Waals surface area contributed by atoms with Crippen LogP contribution in [0.3, 0.4) is 0 Å². The second kappa shape index (κ2) is 7.71. The van der Waals surface area contributed by atoms with Crippen LogP contribution in [0.25, 0.3) is 0 Å². The van der Waals surface area contributed by atoms with Crippen molar-refractivity contribution >= 4 is 23.5 Å². The van der Waals surface area contributed by atoms with Crippen molar-refractivity contribution < 1.29 is 32.3 Å². The molecule has 0 aromatic heterocycles. The minimum absolute atomic E-state index is 0.0158. The molecular formula is C19H15F3N2O4. The van der Waals surface area contributed by atoms with Crippen molar-refractivity contribution in [2.45, 2.75) is 18.7 Å². The number of cyclic esters (lactones) is 1. The van der Waals surface area contributed by atoms with Crippen LogP contribution in [-0.2, 0) is 16.0 Å². The molecule has 1 aliphatic rings. The Balaban J connectivity index is 1.73. The van der Waals surface area contributed by atoms with Gasteiger partial charge in [0, 0.05) is 6.42 Å². The van der Waals surface area contributed by atoms with E-state index in [1.54, 1.807) is 29.6 Å². The molecule has 3 rings (SSSR count). The molecule has 1 unspecified atom stereocenters. The van der Waals surface area contributed by atoms with Gasteiger partial charge >= 0.3 is 12.1 Å². The van der Waals surface area contributed by atoms with E-state index in [1.807, 2.05) is 0 Å². The van der Waals surface area contributed by atoms with E-state index in [1.165, 1.54) is 24.3 Å². The second-order valence-corrected chi connectivity index (χ2v) is 6.09. The van der Waals surface area contributed by atoms with Crippen molar-refractivity contribution in [1.82, 2.24) is 5.32 Å². The number of carbonyl (C=O) groups is 3. The van der Waals surface area contributed by atoms with Gasteiger partial charge in [-0.2, -0.15) is 13.2 Å². The van der Waals surface area contributed by atoms with Gasteiger partial charge in [0.2, 0.25) is 0 Å². The third-order valence-electron chi connectivity index (χ3n) is 4.06. The Kier molecular flexibility index (Phi) is 5.34. The third-order valence-corrected chi connectivity index (χ3v) is 4.06. The molecular weight excluding hydrogens is 377 g/mol. The molecule has 1 heterocycles. The number of ether oxygens (including phenoxy) is 1. The molecule has 0 spiro atoms. The summed E-state index contributed by atoms with van der Waals surface area (Å²) in [5.74, 6) is -2.31. The number of fused-ring (bicyclic) bond motifs is 1. The van der Waals surface area contributed by atoms with Gasteiger partial charge in [0.15, 0.2) is 6.10 Å². The Morgan fingerprint density at radius 3 is 2.50 bits per heavy atom. The highest BCUT2D eigenvalue weighted by molar-refractivity contribution is 6.05. The number of nitrogens with one attached hydrogen (secondary N) is 2. The lowest BCUT2D eigenvalue weighted by atomic mass is 9.98. The zero-order valence-corrected chi connectivity index (χ0v) is 14.4. The molecule has 0 fully saturated rings. The maximum atomic E-state index is 12.5. The number of hydrogen-bond donors (Lipinski definition) is 2. The van der Waals surface area contributed by atoms with Crippen LogP contribution in [0.4, 0.5) is 18.9 Å². The van der Waals surface area contributed by atoms with Crippen molar-refractivity contribution in [2.24, 2.45) is 0 Å². The molecule has 1 aliphatic heterocycles. The van der Waals surface area contributed by atoms with Gasteiger partial charge < -0.3 is 15.4 Å². The van der Waals surface area contributed by atoms with Crippen molar-refractivity contribution in [3.05, 3.63) is 65.2 Å². The van der Waals surface area contributed by atoms with Gasteiger partial charge in [0.05, 0.1) is 16.8 Å². The summed E-state index contributed by atoms with van der Waals surface area (Å²) in [5.41, 5.74) is 0.901. The van der Waals surface area contributed by atoms with Crippen molar-refractivity contribution in [3.63, 3.8) is 0 Å². The van der Waals surface area contributed by atoms with E-state index < -0.39 is 36.6 Å². The van der Waals surface area contributed by atoms with Crippen LogP contribution in [-0.4, -0.2) is 36.6 Å². The monoisotopic (exact) mass is 392 g/mol. The highest BCUT2D eigenvalue weighted by atomic mass is 19.4. The highest BCUT2D eigenvalue weighted by Gasteiger charge is 2.32. The van der Waals surface area contributed by atoms with E-state index in [-0.39, 0.29) is 17.7 Å². The van der Waals surface area contributed by atoms with Gasteiger partial charge in [-0.25, -0.2) is 4.79 Å². The molecule has 0 saturated carbocycles. The SMILES string of the molecule is O=C1OC(C(=O)Nc2ccccc2C(=O)NCC(F)(F)F)Cc2ccccc21. The summed E-state index contributed by atoms with van der Waals surface area (Å²) >= 11 is 0. The number of hydrogen-bond acceptors (Lipinski definition) is 4. The Labute approximate surface area is 157 Å². The Hall–Kier alpha value is -3.36. The molecule has 2 amide bonds. The minimum atomic E-state index is -4.56. The first kappa shape index (κ1) is 19.4. The molecule has 6 nitrogen and oxygen atoms in total. The normalized spacial score (nSPS) is 16.0. The number of esters is 1. The average molecular weight is 392 g/mol. The van der Waals surface area contributed by atoms with Gasteiger partial charge in [-0.1, -0.05) is 30.3 Å². The molecule has 0 aliphatic carbocycles. The van der Waals surface area contributed by atoms with Crippen LogP contribution in [0.5, 0.6) is 0 Å². The smallest absolute Gasteiger partial charge is 0.405 e. The molecule has 0 radical (unpaired) electrons. The van der Waals surface area contributed by atoms with E-state index in [2.05, 4.69) is 5.32 Å². The summed E-state index contributed by atoms with van der Waals surface area (Å²) in [6.07, 6.45) is -5.53. The average Bonchev–Trinajstić information content (AvgIpc) is 2.66. The number of amides is 2. The first-order chi connectivity index (χ1) is 13.2. The highest BCUT2D eigenvalue weighted by Crippen LogP contribution is 2.23. The predicted octanol–water partition coefficient (Wildman–Crippen LogP) is 2.70. The van der Waals surface area contributed by atoms with Gasteiger partial charge in [-0.15, -0.1) is 0 Å². The van der Waals surface area contributed by atoms with Gasteiger partial charge in [0.1, 0.15) is 6.54 Å². The molecule has 0 saturated heterocycles. The van der Waals surface area contributed by atoms with Gasteiger partial charge in [0.25, 0.3) is 11.8 Å². The van der Waals surface area contributed by atoms with Crippen molar-refractivity contribution in [1.29, 1.82) is 0 Å². The number of para-hydroxylation sites is 1. The number of rotatable bonds is 4. The summed E-state index contributed by atoms with van der Waals surface area (Å²) in [6.45, 7) is -1.49. The molecule has 28 heavy (non-hydrogen) atoms. The van der Waals surface area contributed by atoms with Crippen molar-refractivity contribution in [3.8, 4) is 0 Å². The standard InChI is InChI=1S/C19H15F3N2O4/c20-19(21,22)10-23-16(25)13-7-3-4-8-14(13)24-17(26)15-9-11-5-1-2-6-12(11)18(27)28-15/h1-8,15H,9-10H2,(H,23,25)(H,24,26). The largest absolute Gasteiger partial charge is 0.448 e. The summed E-state index contributed by atoms with van der Waals surface area (Å²) in [7, 11) is 0. The first-order valence-corrected chi connectivity index (χ1v) is 8.28.